The van der Waals surface area contributed by atoms with Crippen molar-refractivity contribution in [2.24, 2.45) is 10.7 Å². The van der Waals surface area contributed by atoms with Crippen LogP contribution in [0.5, 0.6) is 11.5 Å². The quantitative estimate of drug-likeness (QED) is 0.306. The molecule has 2 unspecified atom stereocenters. The minimum Gasteiger partial charge on any atom is -0.486 e. The van der Waals surface area contributed by atoms with E-state index in [0.29, 0.717) is 24.7 Å². The van der Waals surface area contributed by atoms with Crippen LogP contribution in [0, 0.1) is 11.3 Å². The number of fused-ring (bicyclic) bond motifs is 1. The normalized spacial score (nSPS) is 15.6. The summed E-state index contributed by atoms with van der Waals surface area (Å²) in [6, 6.07) is 17.9. The lowest BCUT2D eigenvalue weighted by molar-refractivity contribution is 0.171. The van der Waals surface area contributed by atoms with E-state index in [1.807, 2.05) is 56.6 Å². The lowest BCUT2D eigenvalue weighted by Crippen LogP contribution is -2.36. The molecule has 3 aromatic rings. The third-order valence-corrected chi connectivity index (χ3v) is 7.15. The maximum absolute atomic E-state index is 9.30. The third kappa shape index (κ3) is 4.50. The summed E-state index contributed by atoms with van der Waals surface area (Å²) >= 11 is 1.62. The predicted molar refractivity (Wildman–Crippen MR) is 138 cm³/mol. The Kier molecular flexibility index (Phi) is 6.62. The number of nitrogens with zero attached hydrogens (tertiary/aromatic N) is 3. The first-order chi connectivity index (χ1) is 16.4. The molecule has 2 N–H and O–H groups in total. The molecule has 0 saturated heterocycles. The van der Waals surface area contributed by atoms with Gasteiger partial charge in [-0.25, -0.2) is 4.99 Å². The van der Waals surface area contributed by atoms with E-state index in [4.69, 9.17) is 20.2 Å². The molecule has 2 aromatic carbocycles. The molecule has 6 nitrogen and oxygen atoms in total. The van der Waals surface area contributed by atoms with Crippen LogP contribution in [0.3, 0.4) is 0 Å². The Bertz CT molecular complexity index is 1270. The molecule has 0 bridgehead atoms. The molecule has 4 rings (SSSR count). The van der Waals surface area contributed by atoms with Crippen LogP contribution in [-0.2, 0) is 5.54 Å². The van der Waals surface area contributed by atoms with Crippen LogP contribution in [0.4, 0.5) is 0 Å². The minimum atomic E-state index is -0.727. The largest absolute Gasteiger partial charge is 0.486 e. The van der Waals surface area contributed by atoms with Crippen LogP contribution in [0.2, 0.25) is 0 Å². The molecule has 0 spiro atoms. The van der Waals surface area contributed by atoms with Crippen LogP contribution < -0.4 is 15.2 Å². The van der Waals surface area contributed by atoms with Crippen molar-refractivity contribution in [3.63, 3.8) is 0 Å². The van der Waals surface area contributed by atoms with Crippen molar-refractivity contribution in [3.05, 3.63) is 82.6 Å². The number of thiophene rings is 1. The molecule has 0 radical (unpaired) electrons. The second kappa shape index (κ2) is 9.62. The summed E-state index contributed by atoms with van der Waals surface area (Å²) in [6.07, 6.45) is 1.91. The third-order valence-electron chi connectivity index (χ3n) is 5.99. The Morgan fingerprint density at radius 1 is 1.18 bits per heavy atom. The van der Waals surface area contributed by atoms with Crippen molar-refractivity contribution >= 4 is 17.3 Å². The average molecular weight is 473 g/mol. The van der Waals surface area contributed by atoms with Crippen molar-refractivity contribution in [2.45, 2.75) is 18.4 Å². The number of benzene rings is 2. The van der Waals surface area contributed by atoms with Gasteiger partial charge in [0.2, 0.25) is 0 Å². The van der Waals surface area contributed by atoms with Gasteiger partial charge in [-0.2, -0.15) is 5.26 Å². The standard InChI is InChI=1S/C27H28N4O2S/c1-5-22(20-9-10-23-24(14-20)33-12-11-32-23)27(2,30-26(29)31(3)4)25-15-21(17-34-25)19-8-6-7-18(13-19)16-28/h5-10,13-15,17,22H,1,11-12H2,2-4H3,(H2,29,30). The van der Waals surface area contributed by atoms with Crippen molar-refractivity contribution in [1.82, 2.24) is 4.90 Å². The fraction of sp³-hybridized carbons (Fsp3) is 0.259. The smallest absolute Gasteiger partial charge is 0.191 e. The lowest BCUT2D eigenvalue weighted by Gasteiger charge is -2.34. The number of nitriles is 1. The highest BCUT2D eigenvalue weighted by Crippen LogP contribution is 2.46. The molecule has 1 aliphatic rings. The average Bonchev–Trinajstić information content (AvgIpc) is 3.35. The molecule has 34 heavy (non-hydrogen) atoms. The summed E-state index contributed by atoms with van der Waals surface area (Å²) in [5.41, 5.74) is 9.28. The highest BCUT2D eigenvalue weighted by molar-refractivity contribution is 7.10. The molecular weight excluding hydrogens is 444 g/mol. The van der Waals surface area contributed by atoms with Gasteiger partial charge in [0.1, 0.15) is 18.8 Å². The molecule has 0 fully saturated rings. The van der Waals surface area contributed by atoms with E-state index in [1.54, 1.807) is 22.3 Å². The highest BCUT2D eigenvalue weighted by Gasteiger charge is 2.38. The number of hydrogen-bond donors (Lipinski definition) is 1. The molecule has 174 valence electrons. The summed E-state index contributed by atoms with van der Waals surface area (Å²) in [5.74, 6) is 1.71. The lowest BCUT2D eigenvalue weighted by atomic mass is 9.79. The zero-order valence-electron chi connectivity index (χ0n) is 19.6. The van der Waals surface area contributed by atoms with Crippen LogP contribution in [0.25, 0.3) is 11.1 Å². The van der Waals surface area contributed by atoms with E-state index >= 15 is 0 Å². The van der Waals surface area contributed by atoms with Crippen LogP contribution in [0.1, 0.15) is 28.8 Å². The number of ether oxygens (including phenoxy) is 2. The van der Waals surface area contributed by atoms with E-state index in [1.165, 1.54) is 0 Å². The van der Waals surface area contributed by atoms with Gasteiger partial charge >= 0.3 is 0 Å². The Morgan fingerprint density at radius 3 is 2.65 bits per heavy atom. The zero-order valence-corrected chi connectivity index (χ0v) is 20.4. The highest BCUT2D eigenvalue weighted by atomic mass is 32.1. The van der Waals surface area contributed by atoms with E-state index in [-0.39, 0.29) is 5.92 Å². The first-order valence-electron chi connectivity index (χ1n) is 11.0. The predicted octanol–water partition coefficient (Wildman–Crippen LogP) is 5.12. The molecular formula is C27H28N4O2S. The van der Waals surface area contributed by atoms with Crippen LogP contribution in [-0.4, -0.2) is 38.2 Å². The van der Waals surface area contributed by atoms with E-state index in [2.05, 4.69) is 31.0 Å². The van der Waals surface area contributed by atoms with Gasteiger partial charge in [0.25, 0.3) is 0 Å². The van der Waals surface area contributed by atoms with Crippen molar-refractivity contribution in [1.29, 1.82) is 5.26 Å². The maximum Gasteiger partial charge on any atom is 0.191 e. The van der Waals surface area contributed by atoms with Crippen LogP contribution in [0.15, 0.2) is 71.6 Å². The van der Waals surface area contributed by atoms with Crippen molar-refractivity contribution < 1.29 is 9.47 Å². The van der Waals surface area contributed by atoms with Gasteiger partial charge in [0, 0.05) is 24.9 Å². The topological polar surface area (TPSA) is 83.9 Å². The summed E-state index contributed by atoms with van der Waals surface area (Å²) in [6.45, 7) is 7.30. The number of guanidine groups is 1. The van der Waals surface area contributed by atoms with Gasteiger partial charge in [-0.05, 0) is 59.3 Å². The van der Waals surface area contributed by atoms with Gasteiger partial charge in [0.05, 0.1) is 11.6 Å². The summed E-state index contributed by atoms with van der Waals surface area (Å²) in [7, 11) is 3.75. The Morgan fingerprint density at radius 2 is 1.94 bits per heavy atom. The van der Waals surface area contributed by atoms with Gasteiger partial charge in [-0.3, -0.25) is 0 Å². The minimum absolute atomic E-state index is 0.182. The fourth-order valence-corrected chi connectivity index (χ4v) is 5.14. The molecule has 0 saturated carbocycles. The molecule has 2 heterocycles. The summed E-state index contributed by atoms with van der Waals surface area (Å²) in [4.78, 5) is 7.85. The Balaban J connectivity index is 1.82. The number of nitrogens with two attached hydrogens (primary N) is 1. The Hall–Kier alpha value is -3.76. The molecule has 2 atom stereocenters. The maximum atomic E-state index is 9.30. The summed E-state index contributed by atoms with van der Waals surface area (Å²) < 4.78 is 11.5. The van der Waals surface area contributed by atoms with Gasteiger partial charge in [-0.1, -0.05) is 24.3 Å². The monoisotopic (exact) mass is 472 g/mol. The van der Waals surface area contributed by atoms with Gasteiger partial charge < -0.3 is 20.1 Å². The van der Waals surface area contributed by atoms with Crippen molar-refractivity contribution in [3.8, 4) is 28.7 Å². The Labute approximate surface area is 204 Å². The molecule has 7 heteroatoms. The number of hydrogen-bond acceptors (Lipinski definition) is 5. The van der Waals surface area contributed by atoms with Gasteiger partial charge in [0.15, 0.2) is 17.5 Å². The summed E-state index contributed by atoms with van der Waals surface area (Å²) in [5, 5.41) is 11.4. The number of aliphatic imine (C=N–C) groups is 1. The molecule has 0 aliphatic carbocycles. The SMILES string of the molecule is C=CC(c1ccc2c(c1)OCCO2)C(C)(N=C(N)N(C)C)c1cc(-c2cccc(C#N)c2)cs1. The van der Waals surface area contributed by atoms with Crippen LogP contribution >= 0.6 is 11.3 Å². The first-order valence-corrected chi connectivity index (χ1v) is 11.9. The molecule has 1 aromatic heterocycles. The van der Waals surface area contributed by atoms with E-state index in [9.17, 15) is 5.26 Å². The molecule has 0 amide bonds. The zero-order chi connectivity index (χ0) is 24.3. The van der Waals surface area contributed by atoms with E-state index < -0.39 is 5.54 Å². The fourth-order valence-electron chi connectivity index (χ4n) is 4.08. The van der Waals surface area contributed by atoms with Gasteiger partial charge in [-0.15, -0.1) is 17.9 Å². The second-order valence-electron chi connectivity index (χ2n) is 8.52. The first kappa shape index (κ1) is 23.4. The van der Waals surface area contributed by atoms with Crippen molar-refractivity contribution in [2.75, 3.05) is 27.3 Å². The second-order valence-corrected chi connectivity index (χ2v) is 9.43. The molecule has 1 aliphatic heterocycles. The number of rotatable bonds is 6. The van der Waals surface area contributed by atoms with E-state index in [0.717, 1.165) is 33.1 Å².